The van der Waals surface area contributed by atoms with Crippen LogP contribution in [-0.2, 0) is 0 Å². The molecule has 0 radical (unpaired) electrons. The zero-order valence-corrected chi connectivity index (χ0v) is 20.5. The zero-order valence-electron chi connectivity index (χ0n) is 19.7. The second-order valence-electron chi connectivity index (χ2n) is 7.65. The van der Waals surface area contributed by atoms with E-state index in [9.17, 15) is 4.79 Å². The van der Waals surface area contributed by atoms with Gasteiger partial charge in [0, 0.05) is 49.6 Å². The Morgan fingerprint density at radius 1 is 0.969 bits per heavy atom. The highest BCUT2D eigenvalue weighted by molar-refractivity contribution is 7.22. The zero-order chi connectivity index (χ0) is 23.3. The van der Waals surface area contributed by atoms with Crippen LogP contribution in [0.15, 0.2) is 36.4 Å². The van der Waals surface area contributed by atoms with Crippen molar-refractivity contribution in [1.29, 1.82) is 0 Å². The highest BCUT2D eigenvalue weighted by atomic mass is 32.1. The third kappa shape index (κ3) is 5.14. The van der Waals surface area contributed by atoms with E-state index in [-0.39, 0.29) is 5.91 Å². The van der Waals surface area contributed by atoms with Crippen LogP contribution in [0, 0.1) is 0 Å². The summed E-state index contributed by atoms with van der Waals surface area (Å²) in [6.07, 6.45) is 0. The Labute approximate surface area is 194 Å². The number of hydrogen-bond donors (Lipinski definition) is 0. The Morgan fingerprint density at radius 2 is 1.59 bits per heavy atom. The van der Waals surface area contributed by atoms with Crippen LogP contribution in [-0.4, -0.2) is 70.3 Å². The fraction of sp³-hybridized carbons (Fsp3) is 0.417. The van der Waals surface area contributed by atoms with Crippen molar-refractivity contribution in [3.05, 3.63) is 42.0 Å². The van der Waals surface area contributed by atoms with Crippen molar-refractivity contribution in [2.24, 2.45) is 0 Å². The number of methoxy groups -OCH3 is 2. The van der Waals surface area contributed by atoms with Gasteiger partial charge in [0.1, 0.15) is 0 Å². The van der Waals surface area contributed by atoms with E-state index in [0.717, 1.165) is 35.5 Å². The van der Waals surface area contributed by atoms with Crippen molar-refractivity contribution in [3.63, 3.8) is 0 Å². The third-order valence-corrected chi connectivity index (χ3v) is 6.41. The van der Waals surface area contributed by atoms with Crippen LogP contribution in [0.25, 0.3) is 10.2 Å². The van der Waals surface area contributed by atoms with E-state index in [0.29, 0.717) is 28.7 Å². The molecule has 3 aromatic rings. The van der Waals surface area contributed by atoms with E-state index in [4.69, 9.17) is 14.5 Å². The monoisotopic (exact) mass is 456 g/mol. The largest absolute Gasteiger partial charge is 0.493 e. The van der Waals surface area contributed by atoms with Crippen LogP contribution in [0.3, 0.4) is 0 Å². The Kier molecular flexibility index (Phi) is 7.93. The smallest absolute Gasteiger partial charge is 0.260 e. The molecule has 0 atom stereocenters. The number of ether oxygens (including phenoxy) is 2. The van der Waals surface area contributed by atoms with E-state index in [1.165, 1.54) is 11.3 Å². The van der Waals surface area contributed by atoms with Crippen LogP contribution < -0.4 is 19.3 Å². The van der Waals surface area contributed by atoms with Gasteiger partial charge in [0.25, 0.3) is 5.91 Å². The van der Waals surface area contributed by atoms with Crippen LogP contribution in [0.1, 0.15) is 24.2 Å². The molecule has 0 unspecified atom stereocenters. The predicted molar refractivity (Wildman–Crippen MR) is 133 cm³/mol. The Bertz CT molecular complexity index is 1000. The van der Waals surface area contributed by atoms with Gasteiger partial charge in [0.2, 0.25) is 0 Å². The van der Waals surface area contributed by atoms with Crippen molar-refractivity contribution in [3.8, 4) is 11.5 Å². The number of thiazole rings is 1. The second-order valence-corrected chi connectivity index (χ2v) is 8.66. The third-order valence-electron chi connectivity index (χ3n) is 5.37. The summed E-state index contributed by atoms with van der Waals surface area (Å²) < 4.78 is 11.8. The van der Waals surface area contributed by atoms with Crippen molar-refractivity contribution in [2.45, 2.75) is 13.8 Å². The van der Waals surface area contributed by atoms with Crippen LogP contribution >= 0.6 is 11.3 Å². The molecule has 0 saturated carbocycles. The summed E-state index contributed by atoms with van der Waals surface area (Å²) in [4.78, 5) is 24.3. The molecule has 0 aliphatic heterocycles. The summed E-state index contributed by atoms with van der Waals surface area (Å²) in [6, 6.07) is 11.6. The molecule has 0 aliphatic carbocycles. The molecule has 172 valence electrons. The van der Waals surface area contributed by atoms with Crippen LogP contribution in [0.2, 0.25) is 0 Å². The lowest BCUT2D eigenvalue weighted by molar-refractivity contribution is 0.0985. The lowest BCUT2D eigenvalue weighted by Gasteiger charge is -2.23. The molecule has 2 aromatic carbocycles. The molecular formula is C24H32N4O3S. The first-order valence-electron chi connectivity index (χ1n) is 10.8. The lowest BCUT2D eigenvalue weighted by atomic mass is 10.1. The Balaban J connectivity index is 1.96. The van der Waals surface area contributed by atoms with Gasteiger partial charge in [-0.2, -0.15) is 0 Å². The second kappa shape index (κ2) is 10.7. The number of carbonyl (C=O) groups excluding carboxylic acids is 1. The Hall–Kier alpha value is -2.84. The molecule has 0 aliphatic rings. The molecule has 8 heteroatoms. The van der Waals surface area contributed by atoms with Crippen molar-refractivity contribution < 1.29 is 14.3 Å². The minimum atomic E-state index is -0.0593. The first kappa shape index (κ1) is 23.8. The number of hydrogen-bond acceptors (Lipinski definition) is 7. The van der Waals surface area contributed by atoms with E-state index in [1.807, 2.05) is 50.5 Å². The summed E-state index contributed by atoms with van der Waals surface area (Å²) in [5.41, 5.74) is 2.54. The average Bonchev–Trinajstić information content (AvgIpc) is 3.21. The van der Waals surface area contributed by atoms with Crippen molar-refractivity contribution in [1.82, 2.24) is 9.88 Å². The average molecular weight is 457 g/mol. The fourth-order valence-electron chi connectivity index (χ4n) is 3.50. The summed E-state index contributed by atoms with van der Waals surface area (Å²) in [5.74, 6) is 1.21. The number of carbonyl (C=O) groups is 1. The number of benzene rings is 2. The molecule has 0 saturated heterocycles. The standard InChI is InChI=1S/C24H32N4O3S/c1-7-27(8-2)18-11-9-17(10-12-18)23(29)28(14-13-26(3)4)24-25-19-15-20(30-5)21(31-6)16-22(19)32-24/h9-12,15-16H,7-8,13-14H2,1-6H3. The Morgan fingerprint density at radius 3 is 2.16 bits per heavy atom. The number of anilines is 2. The van der Waals surface area contributed by atoms with Gasteiger partial charge in [-0.25, -0.2) is 4.98 Å². The summed E-state index contributed by atoms with van der Waals surface area (Å²) in [6.45, 7) is 7.38. The summed E-state index contributed by atoms with van der Waals surface area (Å²) >= 11 is 1.48. The predicted octanol–water partition coefficient (Wildman–Crippen LogP) is 4.37. The maximum Gasteiger partial charge on any atom is 0.260 e. The number of rotatable bonds is 10. The first-order valence-corrected chi connectivity index (χ1v) is 11.6. The number of likely N-dealkylation sites (N-methyl/N-ethyl adjacent to an activating group) is 1. The summed E-state index contributed by atoms with van der Waals surface area (Å²) in [5, 5.41) is 0.662. The maximum absolute atomic E-state index is 13.5. The van der Waals surface area contributed by atoms with E-state index < -0.39 is 0 Å². The van der Waals surface area contributed by atoms with Crippen LogP contribution in [0.5, 0.6) is 11.5 Å². The van der Waals surface area contributed by atoms with E-state index in [2.05, 4.69) is 23.6 Å². The lowest BCUT2D eigenvalue weighted by Crippen LogP contribution is -2.36. The SMILES string of the molecule is CCN(CC)c1ccc(C(=O)N(CCN(C)C)c2nc3cc(OC)c(OC)cc3s2)cc1. The number of nitrogens with zero attached hydrogens (tertiary/aromatic N) is 4. The maximum atomic E-state index is 13.5. The van der Waals surface area contributed by atoms with Gasteiger partial charge in [-0.05, 0) is 52.2 Å². The highest BCUT2D eigenvalue weighted by Crippen LogP contribution is 2.37. The molecule has 1 amide bonds. The molecule has 0 fully saturated rings. The molecule has 1 aromatic heterocycles. The topological polar surface area (TPSA) is 58.1 Å². The van der Waals surface area contributed by atoms with Gasteiger partial charge >= 0.3 is 0 Å². The molecular weight excluding hydrogens is 424 g/mol. The van der Waals surface area contributed by atoms with Gasteiger partial charge in [-0.15, -0.1) is 0 Å². The van der Waals surface area contributed by atoms with Crippen molar-refractivity contribution >= 4 is 38.3 Å². The number of amides is 1. The fourth-order valence-corrected chi connectivity index (χ4v) is 4.50. The quantitative estimate of drug-likeness (QED) is 0.452. The molecule has 3 rings (SSSR count). The van der Waals surface area contributed by atoms with Crippen LogP contribution in [0.4, 0.5) is 10.8 Å². The molecule has 0 N–H and O–H groups in total. The molecule has 7 nitrogen and oxygen atoms in total. The summed E-state index contributed by atoms with van der Waals surface area (Å²) in [7, 11) is 7.21. The van der Waals surface area contributed by atoms with Gasteiger partial charge in [-0.1, -0.05) is 11.3 Å². The minimum absolute atomic E-state index is 0.0593. The normalized spacial score (nSPS) is 11.1. The van der Waals surface area contributed by atoms with Gasteiger partial charge in [-0.3, -0.25) is 9.69 Å². The molecule has 0 spiro atoms. The van der Waals surface area contributed by atoms with E-state index in [1.54, 1.807) is 19.1 Å². The van der Waals surface area contributed by atoms with Gasteiger partial charge in [0.15, 0.2) is 16.6 Å². The van der Waals surface area contributed by atoms with E-state index >= 15 is 0 Å². The molecule has 32 heavy (non-hydrogen) atoms. The van der Waals surface area contributed by atoms with Gasteiger partial charge < -0.3 is 19.3 Å². The molecule has 1 heterocycles. The van der Waals surface area contributed by atoms with Crippen molar-refractivity contribution in [2.75, 3.05) is 64.3 Å². The number of fused-ring (bicyclic) bond motifs is 1. The van der Waals surface area contributed by atoms with Gasteiger partial charge in [0.05, 0.1) is 24.4 Å². The molecule has 0 bridgehead atoms. The first-order chi connectivity index (χ1) is 15.4. The number of aromatic nitrogens is 1. The minimum Gasteiger partial charge on any atom is -0.493 e. The highest BCUT2D eigenvalue weighted by Gasteiger charge is 2.22.